The van der Waals surface area contributed by atoms with Gasteiger partial charge in [-0.2, -0.15) is 4.57 Å². The Labute approximate surface area is 162 Å². The molecule has 0 saturated carbocycles. The summed E-state index contributed by atoms with van der Waals surface area (Å²) in [5.74, 6) is 3.29. The van der Waals surface area contributed by atoms with Crippen molar-refractivity contribution < 1.29 is 23.5 Å². The zero-order valence-electron chi connectivity index (χ0n) is 15.7. The molecule has 0 amide bonds. The summed E-state index contributed by atoms with van der Waals surface area (Å²) < 4.78 is 25.0. The Morgan fingerprint density at radius 2 is 1.57 bits per heavy atom. The minimum atomic E-state index is 0.280. The molecule has 0 spiro atoms. The monoisotopic (exact) mass is 374 g/mol. The van der Waals surface area contributed by atoms with Gasteiger partial charge >= 0.3 is 0 Å². The maximum Gasteiger partial charge on any atom is 0.231 e. The summed E-state index contributed by atoms with van der Waals surface area (Å²) in [5, 5.41) is 5.81. The van der Waals surface area contributed by atoms with Crippen LogP contribution in [0.2, 0.25) is 0 Å². The topological polar surface area (TPSA) is 40.8 Å². The standard InChI is InChI=1S/C23H20NO4/c1-2-3-8-24-11-18-15(6-7-19-23(18)28-13-25-19)16-5-4-14-9-20-21(27-12-26-20)10-17(14)22(16)24/h4-7,9-11H,2-3,8,12-13H2,1H3/q+1. The van der Waals surface area contributed by atoms with E-state index in [-0.39, 0.29) is 13.6 Å². The lowest BCUT2D eigenvalue weighted by Crippen LogP contribution is -2.34. The fourth-order valence-corrected chi connectivity index (χ4v) is 4.31. The number of nitrogens with zero attached hydrogens (tertiary/aromatic N) is 1. The molecule has 0 fully saturated rings. The number of aryl methyl sites for hydroxylation is 1. The van der Waals surface area contributed by atoms with Crippen LogP contribution in [0.25, 0.3) is 32.4 Å². The van der Waals surface area contributed by atoms with Crippen LogP contribution in [-0.4, -0.2) is 13.6 Å². The van der Waals surface area contributed by atoms with Gasteiger partial charge in [-0.1, -0.05) is 19.4 Å². The molecule has 1 aromatic heterocycles. The lowest BCUT2D eigenvalue weighted by atomic mass is 9.99. The first kappa shape index (κ1) is 15.8. The van der Waals surface area contributed by atoms with Gasteiger partial charge < -0.3 is 18.9 Å². The Balaban J connectivity index is 1.75. The summed E-state index contributed by atoms with van der Waals surface area (Å²) >= 11 is 0. The number of hydrogen-bond acceptors (Lipinski definition) is 4. The zero-order valence-corrected chi connectivity index (χ0v) is 15.7. The number of aromatic nitrogens is 1. The molecule has 3 aromatic carbocycles. The molecule has 0 N–H and O–H groups in total. The first-order valence-electron chi connectivity index (χ1n) is 9.74. The normalized spacial score (nSPS) is 14.5. The summed E-state index contributed by atoms with van der Waals surface area (Å²) in [6, 6.07) is 12.7. The smallest absolute Gasteiger partial charge is 0.231 e. The minimum absolute atomic E-state index is 0.280. The average molecular weight is 374 g/mol. The molecule has 2 aliphatic heterocycles. The molecule has 28 heavy (non-hydrogen) atoms. The van der Waals surface area contributed by atoms with Crippen molar-refractivity contribution in [1.82, 2.24) is 0 Å². The SMILES string of the molecule is CCCC[n+]1cc2c3c(ccc2c2ccc4cc5c(cc4c21)OCO5)OCO3. The predicted molar refractivity (Wildman–Crippen MR) is 106 cm³/mol. The van der Waals surface area contributed by atoms with Crippen LogP contribution in [0.4, 0.5) is 0 Å². The zero-order chi connectivity index (χ0) is 18.7. The molecule has 3 heterocycles. The molecule has 0 bridgehead atoms. The van der Waals surface area contributed by atoms with Gasteiger partial charge in [0.2, 0.25) is 19.1 Å². The molecule has 0 radical (unpaired) electrons. The highest BCUT2D eigenvalue weighted by molar-refractivity contribution is 6.15. The van der Waals surface area contributed by atoms with Gasteiger partial charge in [0.25, 0.3) is 0 Å². The van der Waals surface area contributed by atoms with Crippen LogP contribution in [0.1, 0.15) is 19.8 Å². The molecule has 0 saturated heterocycles. The largest absolute Gasteiger partial charge is 0.454 e. The quantitative estimate of drug-likeness (QED) is 0.385. The van der Waals surface area contributed by atoms with Crippen molar-refractivity contribution >= 4 is 32.4 Å². The maximum absolute atomic E-state index is 5.80. The fraction of sp³-hybridized carbons (Fsp3) is 0.261. The molecule has 0 unspecified atom stereocenters. The van der Waals surface area contributed by atoms with E-state index in [2.05, 4.69) is 48.0 Å². The van der Waals surface area contributed by atoms with Gasteiger partial charge in [-0.3, -0.25) is 0 Å². The Kier molecular flexibility index (Phi) is 3.33. The van der Waals surface area contributed by atoms with Crippen molar-refractivity contribution in [2.24, 2.45) is 0 Å². The summed E-state index contributed by atoms with van der Waals surface area (Å²) in [6.45, 7) is 3.73. The van der Waals surface area contributed by atoms with E-state index in [1.54, 1.807) is 0 Å². The summed E-state index contributed by atoms with van der Waals surface area (Å²) in [5.41, 5.74) is 1.22. The summed E-state index contributed by atoms with van der Waals surface area (Å²) in [4.78, 5) is 0. The number of benzene rings is 3. The van der Waals surface area contributed by atoms with Gasteiger partial charge in [-0.05, 0) is 35.7 Å². The van der Waals surface area contributed by atoms with Gasteiger partial charge in [-0.25, -0.2) is 0 Å². The predicted octanol–water partition coefficient (Wildman–Crippen LogP) is 4.69. The van der Waals surface area contributed by atoms with Crippen LogP contribution in [0.5, 0.6) is 23.0 Å². The van der Waals surface area contributed by atoms with Crippen molar-refractivity contribution in [1.29, 1.82) is 0 Å². The molecule has 0 aliphatic carbocycles. The second-order valence-electron chi connectivity index (χ2n) is 7.32. The third kappa shape index (κ3) is 2.16. The molecule has 2 aliphatic rings. The number of fused-ring (bicyclic) bond motifs is 8. The second-order valence-corrected chi connectivity index (χ2v) is 7.32. The van der Waals surface area contributed by atoms with E-state index in [9.17, 15) is 0 Å². The van der Waals surface area contributed by atoms with E-state index in [0.717, 1.165) is 53.2 Å². The van der Waals surface area contributed by atoms with Crippen LogP contribution in [0, 0.1) is 0 Å². The van der Waals surface area contributed by atoms with E-state index in [1.807, 2.05) is 6.07 Å². The number of hydrogen-bond donors (Lipinski definition) is 0. The van der Waals surface area contributed by atoms with E-state index in [1.165, 1.54) is 21.7 Å². The number of rotatable bonds is 3. The molecule has 140 valence electrons. The van der Waals surface area contributed by atoms with E-state index in [0.29, 0.717) is 0 Å². The molecule has 0 atom stereocenters. The Morgan fingerprint density at radius 3 is 2.46 bits per heavy atom. The van der Waals surface area contributed by atoms with Crippen molar-refractivity contribution in [3.05, 3.63) is 42.6 Å². The first-order valence-corrected chi connectivity index (χ1v) is 9.74. The van der Waals surface area contributed by atoms with Crippen molar-refractivity contribution in [2.75, 3.05) is 13.6 Å². The van der Waals surface area contributed by atoms with Crippen LogP contribution in [-0.2, 0) is 6.54 Å². The van der Waals surface area contributed by atoms with Crippen molar-refractivity contribution in [3.8, 4) is 23.0 Å². The third-order valence-corrected chi connectivity index (χ3v) is 5.68. The molecular formula is C23H20NO4+. The van der Waals surface area contributed by atoms with Crippen LogP contribution in [0.15, 0.2) is 42.6 Å². The van der Waals surface area contributed by atoms with Crippen LogP contribution >= 0.6 is 0 Å². The van der Waals surface area contributed by atoms with Gasteiger partial charge in [0, 0.05) is 11.8 Å². The Hall–Kier alpha value is -3.21. The molecule has 4 aromatic rings. The molecule has 5 heteroatoms. The lowest BCUT2D eigenvalue weighted by molar-refractivity contribution is -0.669. The van der Waals surface area contributed by atoms with Gasteiger partial charge in [0.05, 0.1) is 16.2 Å². The summed E-state index contributed by atoms with van der Waals surface area (Å²) in [7, 11) is 0. The van der Waals surface area contributed by atoms with E-state index in [4.69, 9.17) is 18.9 Å². The van der Waals surface area contributed by atoms with Crippen molar-refractivity contribution in [2.45, 2.75) is 26.3 Å². The first-order chi connectivity index (χ1) is 13.8. The van der Waals surface area contributed by atoms with Gasteiger partial charge in [0.15, 0.2) is 29.2 Å². The van der Waals surface area contributed by atoms with E-state index >= 15 is 0 Å². The number of unbranched alkanes of at least 4 members (excludes halogenated alkanes) is 1. The van der Waals surface area contributed by atoms with E-state index < -0.39 is 0 Å². The maximum atomic E-state index is 5.80. The highest BCUT2D eigenvalue weighted by Crippen LogP contribution is 2.43. The van der Waals surface area contributed by atoms with Gasteiger partial charge in [-0.15, -0.1) is 0 Å². The van der Waals surface area contributed by atoms with Crippen molar-refractivity contribution in [3.63, 3.8) is 0 Å². The van der Waals surface area contributed by atoms with Crippen LogP contribution in [0.3, 0.4) is 0 Å². The average Bonchev–Trinajstić information content (AvgIpc) is 3.38. The minimum Gasteiger partial charge on any atom is -0.454 e. The summed E-state index contributed by atoms with van der Waals surface area (Å²) in [6.07, 6.45) is 4.46. The number of ether oxygens (including phenoxy) is 4. The Morgan fingerprint density at radius 1 is 0.786 bits per heavy atom. The highest BCUT2D eigenvalue weighted by Gasteiger charge is 2.25. The van der Waals surface area contributed by atoms with Gasteiger partial charge in [0.1, 0.15) is 6.54 Å². The second kappa shape index (κ2) is 5.89. The van der Waals surface area contributed by atoms with Crippen LogP contribution < -0.4 is 23.5 Å². The Bertz CT molecular complexity index is 1260. The number of pyridine rings is 1. The highest BCUT2D eigenvalue weighted by atomic mass is 16.7. The molecular weight excluding hydrogens is 354 g/mol. The third-order valence-electron chi connectivity index (χ3n) is 5.68. The lowest BCUT2D eigenvalue weighted by Gasteiger charge is -2.10. The molecule has 6 rings (SSSR count). The fourth-order valence-electron chi connectivity index (χ4n) is 4.31. The molecule has 5 nitrogen and oxygen atoms in total.